The smallest absolute Gasteiger partial charge is 0.251 e. The second-order valence-electron chi connectivity index (χ2n) is 10.5. The van der Waals surface area contributed by atoms with E-state index in [9.17, 15) is 22.0 Å². The Balaban J connectivity index is 1.51. The lowest BCUT2D eigenvalue weighted by Crippen LogP contribution is -2.40. The van der Waals surface area contributed by atoms with E-state index < -0.39 is 27.5 Å². The van der Waals surface area contributed by atoms with Gasteiger partial charge in [0.2, 0.25) is 0 Å². The molecule has 4 rings (SSSR count). The van der Waals surface area contributed by atoms with Gasteiger partial charge in [-0.05, 0) is 78.7 Å². The van der Waals surface area contributed by atoms with Crippen LogP contribution >= 0.6 is 0 Å². The summed E-state index contributed by atoms with van der Waals surface area (Å²) in [6.45, 7) is 6.50. The van der Waals surface area contributed by atoms with Gasteiger partial charge >= 0.3 is 0 Å². The number of carbonyl (C=O) groups is 1. The largest absolute Gasteiger partial charge is 0.349 e. The summed E-state index contributed by atoms with van der Waals surface area (Å²) in [5, 5.41) is 6.39. The molecule has 38 heavy (non-hydrogen) atoms. The maximum Gasteiger partial charge on any atom is 0.251 e. The highest BCUT2D eigenvalue weighted by molar-refractivity contribution is 7.90. The Morgan fingerprint density at radius 3 is 2.45 bits per heavy atom. The number of benzene rings is 3. The van der Waals surface area contributed by atoms with Crippen molar-refractivity contribution in [3.8, 4) is 0 Å². The van der Waals surface area contributed by atoms with E-state index in [0.29, 0.717) is 30.0 Å². The van der Waals surface area contributed by atoms with Crippen LogP contribution in [0.15, 0.2) is 60.7 Å². The number of fused-ring (bicyclic) bond motifs is 1. The molecule has 8 heteroatoms. The molecular weight excluding hydrogens is 506 g/mol. The molecule has 0 spiro atoms. The van der Waals surface area contributed by atoms with Gasteiger partial charge in [-0.15, -0.1) is 0 Å². The molecule has 0 bridgehead atoms. The van der Waals surface area contributed by atoms with Crippen molar-refractivity contribution in [1.29, 1.82) is 0 Å². The number of aryl methyl sites for hydroxylation is 1. The zero-order valence-corrected chi connectivity index (χ0v) is 22.7. The normalized spacial score (nSPS) is 17.2. The quantitative estimate of drug-likeness (QED) is 0.382. The molecule has 0 aromatic heterocycles. The minimum atomic E-state index is -3.26. The van der Waals surface area contributed by atoms with Crippen molar-refractivity contribution >= 4 is 15.7 Å². The van der Waals surface area contributed by atoms with E-state index in [1.54, 1.807) is 18.2 Å². The van der Waals surface area contributed by atoms with E-state index in [1.165, 1.54) is 12.1 Å². The third-order valence-corrected chi connectivity index (χ3v) is 8.50. The van der Waals surface area contributed by atoms with Crippen molar-refractivity contribution in [1.82, 2.24) is 10.6 Å². The second kappa shape index (κ2) is 11.7. The van der Waals surface area contributed by atoms with Crippen LogP contribution in [0.2, 0.25) is 0 Å². The van der Waals surface area contributed by atoms with Crippen LogP contribution in [0.25, 0.3) is 0 Å². The number of amides is 1. The highest BCUT2D eigenvalue weighted by atomic mass is 32.2. The Hall–Kier alpha value is -3.10. The first-order valence-corrected chi connectivity index (χ1v) is 14.7. The number of carbonyl (C=O) groups excluding carboxylic acids is 1. The number of hydrogen-bond acceptors (Lipinski definition) is 4. The van der Waals surface area contributed by atoms with Gasteiger partial charge in [0.05, 0.1) is 11.5 Å². The minimum absolute atomic E-state index is 0.00300. The predicted octanol–water partition coefficient (Wildman–Crippen LogP) is 5.39. The third-order valence-electron chi connectivity index (χ3n) is 6.91. The monoisotopic (exact) mass is 540 g/mol. The Morgan fingerprint density at radius 1 is 1.03 bits per heavy atom. The van der Waals surface area contributed by atoms with Gasteiger partial charge in [0, 0.05) is 23.7 Å². The lowest BCUT2D eigenvalue weighted by Gasteiger charge is -2.28. The third kappa shape index (κ3) is 7.26. The molecule has 1 unspecified atom stereocenters. The summed E-state index contributed by atoms with van der Waals surface area (Å²) in [7, 11) is -3.26. The van der Waals surface area contributed by atoms with Crippen molar-refractivity contribution in [3.63, 3.8) is 0 Å². The van der Waals surface area contributed by atoms with Crippen molar-refractivity contribution in [2.24, 2.45) is 0 Å². The molecule has 202 valence electrons. The van der Waals surface area contributed by atoms with Crippen molar-refractivity contribution in [3.05, 3.63) is 106 Å². The summed E-state index contributed by atoms with van der Waals surface area (Å²) in [5.74, 6) is -1.29. The van der Waals surface area contributed by atoms with Crippen LogP contribution in [0.4, 0.5) is 8.78 Å². The number of nitrogens with one attached hydrogen (secondary N) is 2. The van der Waals surface area contributed by atoms with Crippen molar-refractivity contribution in [2.75, 3.05) is 12.3 Å². The molecule has 3 aromatic rings. The van der Waals surface area contributed by atoms with Gasteiger partial charge in [-0.3, -0.25) is 4.79 Å². The van der Waals surface area contributed by atoms with Crippen LogP contribution < -0.4 is 10.6 Å². The maximum atomic E-state index is 13.9. The molecule has 1 aliphatic heterocycles. The lowest BCUT2D eigenvalue weighted by atomic mass is 9.94. The van der Waals surface area contributed by atoms with Gasteiger partial charge < -0.3 is 10.6 Å². The van der Waals surface area contributed by atoms with Crippen LogP contribution in [0, 0.1) is 18.6 Å². The predicted molar refractivity (Wildman–Crippen MR) is 146 cm³/mol. The van der Waals surface area contributed by atoms with E-state index >= 15 is 0 Å². The topological polar surface area (TPSA) is 75.3 Å². The summed E-state index contributed by atoms with van der Waals surface area (Å²) < 4.78 is 52.9. The lowest BCUT2D eigenvalue weighted by molar-refractivity contribution is 0.0934. The SMILES string of the molecule is Cc1cccc(C(=O)N[C@H](CCNC2CS(=O)(=O)Cc3ccc(C(C)C)cc32)Cc2cc(F)cc(F)c2)c1. The molecule has 1 aliphatic rings. The molecule has 5 nitrogen and oxygen atoms in total. The average Bonchev–Trinajstić information content (AvgIpc) is 2.82. The first kappa shape index (κ1) is 27.9. The fourth-order valence-electron chi connectivity index (χ4n) is 4.96. The highest BCUT2D eigenvalue weighted by Gasteiger charge is 2.30. The summed E-state index contributed by atoms with van der Waals surface area (Å²) in [6.07, 6.45) is 0.663. The van der Waals surface area contributed by atoms with E-state index in [2.05, 4.69) is 30.5 Å². The number of sulfone groups is 1. The van der Waals surface area contributed by atoms with Crippen LogP contribution in [0.5, 0.6) is 0 Å². The molecule has 0 fully saturated rings. The van der Waals surface area contributed by atoms with E-state index in [1.807, 2.05) is 25.1 Å². The maximum absolute atomic E-state index is 13.9. The number of halogens is 2. The molecule has 0 saturated heterocycles. The number of rotatable bonds is 9. The zero-order chi connectivity index (χ0) is 27.4. The van der Waals surface area contributed by atoms with E-state index in [-0.39, 0.29) is 29.9 Å². The summed E-state index contributed by atoms with van der Waals surface area (Å²) >= 11 is 0. The Kier molecular flexibility index (Phi) is 8.63. The molecule has 0 aliphatic carbocycles. The molecule has 2 N–H and O–H groups in total. The van der Waals surface area contributed by atoms with E-state index in [0.717, 1.165) is 28.3 Å². The van der Waals surface area contributed by atoms with E-state index in [4.69, 9.17) is 0 Å². The standard InChI is InChI=1S/C30H34F2N2O3S/c1-19(2)22-7-8-24-17-38(36,37)18-29(28(24)15-22)33-10-9-27(14-21-12-25(31)16-26(32)13-21)34-30(35)23-6-4-5-20(3)11-23/h4-8,11-13,15-16,19,27,29,33H,9-10,14,17-18H2,1-3H3,(H,34,35)/t27-,29?/m1/s1. The van der Waals surface area contributed by atoms with Gasteiger partial charge in [-0.25, -0.2) is 17.2 Å². The summed E-state index contributed by atoms with van der Waals surface area (Å²) in [6, 6.07) is 15.7. The minimum Gasteiger partial charge on any atom is -0.349 e. The fourth-order valence-corrected chi connectivity index (χ4v) is 6.62. The second-order valence-corrected chi connectivity index (χ2v) is 12.6. The zero-order valence-electron chi connectivity index (χ0n) is 21.9. The Labute approximate surface area is 223 Å². The van der Waals surface area contributed by atoms with Crippen LogP contribution in [-0.2, 0) is 22.0 Å². The first-order valence-electron chi connectivity index (χ1n) is 12.9. The van der Waals surface area contributed by atoms with Gasteiger partial charge in [0.1, 0.15) is 11.6 Å². The van der Waals surface area contributed by atoms with Crippen LogP contribution in [-0.4, -0.2) is 32.7 Å². The molecule has 0 saturated carbocycles. The highest BCUT2D eigenvalue weighted by Crippen LogP contribution is 2.31. The Morgan fingerprint density at radius 2 is 1.76 bits per heavy atom. The molecule has 0 radical (unpaired) electrons. The molecule has 1 amide bonds. The van der Waals surface area contributed by atoms with Crippen molar-refractivity contribution in [2.45, 2.75) is 57.4 Å². The van der Waals surface area contributed by atoms with Gasteiger partial charge in [-0.1, -0.05) is 49.7 Å². The van der Waals surface area contributed by atoms with Gasteiger partial charge in [-0.2, -0.15) is 0 Å². The van der Waals surface area contributed by atoms with Crippen LogP contribution in [0.3, 0.4) is 0 Å². The fraction of sp³-hybridized carbons (Fsp3) is 0.367. The molecule has 3 aromatic carbocycles. The van der Waals surface area contributed by atoms with Gasteiger partial charge in [0.25, 0.3) is 5.91 Å². The Bertz CT molecular complexity index is 1400. The molecular formula is C30H34F2N2O3S. The van der Waals surface area contributed by atoms with Crippen molar-refractivity contribution < 1.29 is 22.0 Å². The first-order chi connectivity index (χ1) is 18.0. The van der Waals surface area contributed by atoms with Gasteiger partial charge in [0.15, 0.2) is 9.84 Å². The average molecular weight is 541 g/mol. The number of hydrogen-bond donors (Lipinski definition) is 2. The van der Waals surface area contributed by atoms with Crippen LogP contribution in [0.1, 0.15) is 70.4 Å². The molecule has 1 heterocycles. The summed E-state index contributed by atoms with van der Waals surface area (Å²) in [5.41, 5.74) is 4.81. The summed E-state index contributed by atoms with van der Waals surface area (Å²) in [4.78, 5) is 13.0. The molecule has 2 atom stereocenters.